The van der Waals surface area contributed by atoms with E-state index in [0.717, 1.165) is 9.17 Å². The molecule has 0 saturated heterocycles. The molecule has 0 spiro atoms. The van der Waals surface area contributed by atoms with E-state index in [0.29, 0.717) is 5.75 Å². The first-order valence-electron chi connectivity index (χ1n) is 4.55. The van der Waals surface area contributed by atoms with Crippen LogP contribution in [0.1, 0.15) is 0 Å². The summed E-state index contributed by atoms with van der Waals surface area (Å²) in [5.41, 5.74) is 0. The lowest BCUT2D eigenvalue weighted by atomic mass is 10.1. The SMILES string of the molecule is Oc1ccc2c(c1)sc1cccc(Br)c12. The van der Waals surface area contributed by atoms with Crippen molar-refractivity contribution in [2.24, 2.45) is 0 Å². The molecule has 1 nitrogen and oxygen atoms in total. The molecule has 1 N–H and O–H groups in total. The van der Waals surface area contributed by atoms with E-state index < -0.39 is 0 Å². The Hall–Kier alpha value is -1.06. The topological polar surface area (TPSA) is 20.2 Å². The van der Waals surface area contributed by atoms with Crippen molar-refractivity contribution in [1.82, 2.24) is 0 Å². The molecule has 0 amide bonds. The summed E-state index contributed by atoms with van der Waals surface area (Å²) in [7, 11) is 0. The van der Waals surface area contributed by atoms with Crippen molar-refractivity contribution < 1.29 is 5.11 Å². The van der Waals surface area contributed by atoms with Gasteiger partial charge in [-0.25, -0.2) is 0 Å². The van der Waals surface area contributed by atoms with Crippen LogP contribution in [0.2, 0.25) is 0 Å². The Balaban J connectivity index is 2.59. The van der Waals surface area contributed by atoms with Crippen LogP contribution < -0.4 is 0 Å². The van der Waals surface area contributed by atoms with Crippen LogP contribution in [-0.2, 0) is 0 Å². The lowest BCUT2D eigenvalue weighted by molar-refractivity contribution is 0.476. The van der Waals surface area contributed by atoms with E-state index in [-0.39, 0.29) is 0 Å². The van der Waals surface area contributed by atoms with Gasteiger partial charge in [0.2, 0.25) is 0 Å². The van der Waals surface area contributed by atoms with Gasteiger partial charge in [0.15, 0.2) is 0 Å². The third kappa shape index (κ3) is 1.34. The van der Waals surface area contributed by atoms with Gasteiger partial charge in [-0.3, -0.25) is 0 Å². The molecule has 3 heteroatoms. The lowest BCUT2D eigenvalue weighted by Crippen LogP contribution is -1.68. The van der Waals surface area contributed by atoms with Gasteiger partial charge in [-0.05, 0) is 30.3 Å². The minimum atomic E-state index is 0.324. The molecule has 1 aromatic heterocycles. The molecule has 15 heavy (non-hydrogen) atoms. The van der Waals surface area contributed by atoms with Gasteiger partial charge in [-0.15, -0.1) is 11.3 Å². The van der Waals surface area contributed by atoms with E-state index in [2.05, 4.69) is 22.0 Å². The van der Waals surface area contributed by atoms with Crippen LogP contribution in [0.4, 0.5) is 0 Å². The molecule has 0 aliphatic carbocycles. The number of phenols is 1. The predicted octanol–water partition coefficient (Wildman–Crippen LogP) is 4.52. The highest BCUT2D eigenvalue weighted by molar-refractivity contribution is 9.10. The van der Waals surface area contributed by atoms with Crippen molar-refractivity contribution in [3.63, 3.8) is 0 Å². The molecule has 0 saturated carbocycles. The van der Waals surface area contributed by atoms with E-state index in [9.17, 15) is 5.11 Å². The molecule has 3 aromatic rings. The van der Waals surface area contributed by atoms with Gasteiger partial charge < -0.3 is 5.11 Å². The fourth-order valence-electron chi connectivity index (χ4n) is 1.77. The average molecular weight is 279 g/mol. The standard InChI is InChI=1S/C12H7BrOS/c13-9-2-1-3-10-12(9)8-5-4-7(14)6-11(8)15-10/h1-6,14H. The first-order chi connectivity index (χ1) is 7.25. The maximum absolute atomic E-state index is 9.42. The molecule has 0 aliphatic heterocycles. The van der Waals surface area contributed by atoms with Crippen molar-refractivity contribution >= 4 is 47.4 Å². The summed E-state index contributed by atoms with van der Waals surface area (Å²) in [4.78, 5) is 0. The Morgan fingerprint density at radius 3 is 2.80 bits per heavy atom. The lowest BCUT2D eigenvalue weighted by Gasteiger charge is -1.95. The first kappa shape index (κ1) is 9.19. The number of phenolic OH excluding ortho intramolecular Hbond substituents is 1. The van der Waals surface area contributed by atoms with Crippen molar-refractivity contribution in [2.75, 3.05) is 0 Å². The summed E-state index contributed by atoms with van der Waals surface area (Å²) in [5.74, 6) is 0.324. The van der Waals surface area contributed by atoms with Crippen LogP contribution in [0.5, 0.6) is 5.75 Å². The molecule has 1 heterocycles. The zero-order valence-electron chi connectivity index (χ0n) is 7.70. The van der Waals surface area contributed by atoms with Crippen LogP contribution in [-0.4, -0.2) is 5.11 Å². The van der Waals surface area contributed by atoms with Crippen LogP contribution >= 0.6 is 27.3 Å². The fourth-order valence-corrected chi connectivity index (χ4v) is 3.65. The summed E-state index contributed by atoms with van der Waals surface area (Å²) in [6.45, 7) is 0. The van der Waals surface area contributed by atoms with Crippen molar-refractivity contribution in [3.05, 3.63) is 40.9 Å². The molecule has 2 aromatic carbocycles. The zero-order valence-corrected chi connectivity index (χ0v) is 10.1. The summed E-state index contributed by atoms with van der Waals surface area (Å²) < 4.78 is 3.47. The minimum Gasteiger partial charge on any atom is -0.508 e. The highest BCUT2D eigenvalue weighted by Gasteiger charge is 2.07. The summed E-state index contributed by atoms with van der Waals surface area (Å²) in [6.07, 6.45) is 0. The average Bonchev–Trinajstić information content (AvgIpc) is 2.56. The summed E-state index contributed by atoms with van der Waals surface area (Å²) in [5, 5.41) is 11.8. The third-order valence-corrected chi connectivity index (χ3v) is 4.21. The normalized spacial score (nSPS) is 11.3. The molecule has 74 valence electrons. The van der Waals surface area contributed by atoms with E-state index in [1.54, 1.807) is 17.4 Å². The number of thiophene rings is 1. The van der Waals surface area contributed by atoms with Crippen LogP contribution in [0.25, 0.3) is 20.2 Å². The molecule has 0 radical (unpaired) electrons. The van der Waals surface area contributed by atoms with E-state index in [4.69, 9.17) is 0 Å². The molecule has 0 unspecified atom stereocenters. The van der Waals surface area contributed by atoms with Crippen LogP contribution in [0, 0.1) is 0 Å². The number of hydrogen-bond acceptors (Lipinski definition) is 2. The quantitative estimate of drug-likeness (QED) is 0.641. The number of aromatic hydroxyl groups is 1. The maximum Gasteiger partial charge on any atom is 0.117 e. The van der Waals surface area contributed by atoms with E-state index in [1.807, 2.05) is 24.3 Å². The minimum absolute atomic E-state index is 0.324. The van der Waals surface area contributed by atoms with Crippen molar-refractivity contribution in [3.8, 4) is 5.75 Å². The highest BCUT2D eigenvalue weighted by atomic mass is 79.9. The highest BCUT2D eigenvalue weighted by Crippen LogP contribution is 2.39. The zero-order chi connectivity index (χ0) is 10.4. The number of hydrogen-bond donors (Lipinski definition) is 1. The maximum atomic E-state index is 9.42. The van der Waals surface area contributed by atoms with Gasteiger partial charge in [-0.2, -0.15) is 0 Å². The monoisotopic (exact) mass is 278 g/mol. The number of halogens is 1. The summed E-state index contributed by atoms with van der Waals surface area (Å²) in [6, 6.07) is 11.7. The molecule has 0 bridgehead atoms. The molecular weight excluding hydrogens is 272 g/mol. The van der Waals surface area contributed by atoms with E-state index in [1.165, 1.54) is 15.5 Å². The Morgan fingerprint density at radius 2 is 1.93 bits per heavy atom. The summed E-state index contributed by atoms with van der Waals surface area (Å²) >= 11 is 5.26. The van der Waals surface area contributed by atoms with Gasteiger partial charge >= 0.3 is 0 Å². The Kier molecular flexibility index (Phi) is 1.97. The Labute approximate surface area is 99.1 Å². The van der Waals surface area contributed by atoms with Gasteiger partial charge in [0.1, 0.15) is 5.75 Å². The molecule has 0 fully saturated rings. The fraction of sp³-hybridized carbons (Fsp3) is 0. The molecule has 0 aliphatic rings. The second-order valence-electron chi connectivity index (χ2n) is 3.40. The Bertz CT molecular complexity index is 657. The second kappa shape index (κ2) is 3.22. The molecule has 3 rings (SSSR count). The van der Waals surface area contributed by atoms with Crippen molar-refractivity contribution in [1.29, 1.82) is 0 Å². The van der Waals surface area contributed by atoms with Crippen LogP contribution in [0.15, 0.2) is 40.9 Å². The smallest absolute Gasteiger partial charge is 0.117 e. The number of fused-ring (bicyclic) bond motifs is 3. The number of rotatable bonds is 0. The van der Waals surface area contributed by atoms with Gasteiger partial charge in [0, 0.05) is 24.6 Å². The van der Waals surface area contributed by atoms with E-state index >= 15 is 0 Å². The van der Waals surface area contributed by atoms with Gasteiger partial charge in [0.25, 0.3) is 0 Å². The first-order valence-corrected chi connectivity index (χ1v) is 6.16. The molecular formula is C12H7BrOS. The largest absolute Gasteiger partial charge is 0.508 e. The van der Waals surface area contributed by atoms with Crippen LogP contribution in [0.3, 0.4) is 0 Å². The van der Waals surface area contributed by atoms with Gasteiger partial charge in [0.05, 0.1) is 0 Å². The molecule has 0 atom stereocenters. The third-order valence-electron chi connectivity index (χ3n) is 2.43. The Morgan fingerprint density at radius 1 is 1.07 bits per heavy atom. The second-order valence-corrected chi connectivity index (χ2v) is 5.33. The predicted molar refractivity (Wildman–Crippen MR) is 68.7 cm³/mol. The van der Waals surface area contributed by atoms with Gasteiger partial charge in [-0.1, -0.05) is 22.0 Å². The van der Waals surface area contributed by atoms with Crippen molar-refractivity contribution in [2.45, 2.75) is 0 Å². The number of benzene rings is 2.